The van der Waals surface area contributed by atoms with Gasteiger partial charge in [-0.2, -0.15) is 4.31 Å². The fraction of sp³-hybridized carbons (Fsp3) is 0.333. The molecule has 2 aromatic rings. The zero-order valence-corrected chi connectivity index (χ0v) is 16.8. The summed E-state index contributed by atoms with van der Waals surface area (Å²) in [6, 6.07) is 13.6. The van der Waals surface area contributed by atoms with Gasteiger partial charge in [0.15, 0.2) is 5.78 Å². The molecule has 0 saturated carbocycles. The second-order valence-corrected chi connectivity index (χ2v) is 9.10. The predicted molar refractivity (Wildman–Crippen MR) is 107 cm³/mol. The molecule has 1 aliphatic rings. The lowest BCUT2D eigenvalue weighted by Gasteiger charge is -2.27. The van der Waals surface area contributed by atoms with Crippen molar-refractivity contribution in [2.24, 2.45) is 0 Å². The van der Waals surface area contributed by atoms with Gasteiger partial charge >= 0.3 is 0 Å². The fourth-order valence-corrected chi connectivity index (χ4v) is 4.60. The summed E-state index contributed by atoms with van der Waals surface area (Å²) in [5.74, 6) is -0.474. The van der Waals surface area contributed by atoms with E-state index < -0.39 is 10.0 Å². The summed E-state index contributed by atoms with van der Waals surface area (Å²) in [5, 5.41) is 2.96. The molecule has 0 bridgehead atoms. The fourth-order valence-electron chi connectivity index (χ4n) is 3.47. The number of nitrogens with one attached hydrogen (secondary N) is 1. The molecule has 1 N–H and O–H groups in total. The van der Waals surface area contributed by atoms with Crippen LogP contribution in [0.15, 0.2) is 53.4 Å². The maximum absolute atomic E-state index is 12.7. The second kappa shape index (κ2) is 8.24. The highest BCUT2D eigenvalue weighted by Gasteiger charge is 2.26. The summed E-state index contributed by atoms with van der Waals surface area (Å²) in [6.07, 6.45) is 2.82. The summed E-state index contributed by atoms with van der Waals surface area (Å²) in [5.41, 5.74) is 2.77. The summed E-state index contributed by atoms with van der Waals surface area (Å²) in [6.45, 7) is 1.15. The molecule has 0 fully saturated rings. The molecule has 3 rings (SSSR count). The van der Waals surface area contributed by atoms with Crippen LogP contribution in [-0.2, 0) is 21.2 Å². The number of likely N-dealkylation sites (N-methyl/N-ethyl adjacent to an activating group) is 1. The molecule has 1 amide bonds. The van der Waals surface area contributed by atoms with Gasteiger partial charge in [0, 0.05) is 12.6 Å². The van der Waals surface area contributed by atoms with Gasteiger partial charge < -0.3 is 5.32 Å². The number of ketones is 1. The predicted octanol–water partition coefficient (Wildman–Crippen LogP) is 2.70. The SMILES string of the molecule is CC(=O)c1ccc(S(=O)(=O)N(C)CC(=O)NC2CCCc3ccccc32)cc1. The van der Waals surface area contributed by atoms with E-state index in [0.717, 1.165) is 29.1 Å². The Morgan fingerprint density at radius 1 is 1.11 bits per heavy atom. The van der Waals surface area contributed by atoms with E-state index in [0.29, 0.717) is 5.56 Å². The zero-order valence-electron chi connectivity index (χ0n) is 16.0. The maximum atomic E-state index is 12.7. The lowest BCUT2D eigenvalue weighted by Crippen LogP contribution is -2.40. The number of fused-ring (bicyclic) bond motifs is 1. The smallest absolute Gasteiger partial charge is 0.243 e. The van der Waals surface area contributed by atoms with Crippen molar-refractivity contribution < 1.29 is 18.0 Å². The number of aryl methyl sites for hydroxylation is 1. The first-order valence-electron chi connectivity index (χ1n) is 9.23. The second-order valence-electron chi connectivity index (χ2n) is 7.05. The van der Waals surface area contributed by atoms with Crippen LogP contribution in [0, 0.1) is 0 Å². The number of benzene rings is 2. The number of carbonyl (C=O) groups is 2. The van der Waals surface area contributed by atoms with Crippen LogP contribution in [0.5, 0.6) is 0 Å². The Morgan fingerprint density at radius 2 is 1.79 bits per heavy atom. The lowest BCUT2D eigenvalue weighted by molar-refractivity contribution is -0.122. The Hall–Kier alpha value is -2.51. The van der Waals surface area contributed by atoms with E-state index in [1.54, 1.807) is 0 Å². The molecule has 28 heavy (non-hydrogen) atoms. The molecule has 0 radical (unpaired) electrons. The third-order valence-electron chi connectivity index (χ3n) is 5.04. The van der Waals surface area contributed by atoms with E-state index in [2.05, 4.69) is 11.4 Å². The molecular formula is C21H24N2O4S. The van der Waals surface area contributed by atoms with Crippen molar-refractivity contribution in [2.45, 2.75) is 37.1 Å². The van der Waals surface area contributed by atoms with Crippen molar-refractivity contribution in [3.05, 3.63) is 65.2 Å². The molecule has 2 aromatic carbocycles. The maximum Gasteiger partial charge on any atom is 0.243 e. The normalized spacial score (nSPS) is 16.5. The van der Waals surface area contributed by atoms with Crippen LogP contribution in [-0.4, -0.2) is 38.0 Å². The molecule has 1 atom stereocenters. The van der Waals surface area contributed by atoms with Crippen molar-refractivity contribution >= 4 is 21.7 Å². The number of carbonyl (C=O) groups excluding carboxylic acids is 2. The quantitative estimate of drug-likeness (QED) is 0.756. The Labute approximate surface area is 165 Å². The number of hydrogen-bond donors (Lipinski definition) is 1. The van der Waals surface area contributed by atoms with Crippen LogP contribution < -0.4 is 5.32 Å². The van der Waals surface area contributed by atoms with E-state index in [1.165, 1.54) is 43.8 Å². The standard InChI is InChI=1S/C21H24N2O4S/c1-15(24)16-10-12-18(13-11-16)28(26,27)23(2)14-21(25)22-20-9-5-7-17-6-3-4-8-19(17)20/h3-4,6,8,10-13,20H,5,7,9,14H2,1-2H3,(H,22,25). The highest BCUT2D eigenvalue weighted by molar-refractivity contribution is 7.89. The van der Waals surface area contributed by atoms with Crippen LogP contribution in [0.2, 0.25) is 0 Å². The summed E-state index contributed by atoms with van der Waals surface area (Å²) >= 11 is 0. The van der Waals surface area contributed by atoms with Gasteiger partial charge in [-0.05, 0) is 49.4 Å². The third kappa shape index (κ3) is 4.31. The largest absolute Gasteiger partial charge is 0.348 e. The van der Waals surface area contributed by atoms with Gasteiger partial charge in [0.05, 0.1) is 17.5 Å². The minimum absolute atomic E-state index is 0.0517. The zero-order chi connectivity index (χ0) is 20.3. The molecule has 1 aliphatic carbocycles. The number of nitrogens with zero attached hydrogens (tertiary/aromatic N) is 1. The molecule has 0 spiro atoms. The first kappa shape index (κ1) is 20.2. The molecule has 0 aliphatic heterocycles. The minimum Gasteiger partial charge on any atom is -0.348 e. The minimum atomic E-state index is -3.82. The van der Waals surface area contributed by atoms with Crippen LogP contribution in [0.4, 0.5) is 0 Å². The van der Waals surface area contributed by atoms with Crippen molar-refractivity contribution in [1.29, 1.82) is 0 Å². The Kier molecular flexibility index (Phi) is 5.96. The summed E-state index contributed by atoms with van der Waals surface area (Å²) in [7, 11) is -2.44. The number of sulfonamides is 1. The molecule has 1 unspecified atom stereocenters. The first-order chi connectivity index (χ1) is 13.3. The van der Waals surface area contributed by atoms with E-state index in [4.69, 9.17) is 0 Å². The van der Waals surface area contributed by atoms with Crippen molar-refractivity contribution in [1.82, 2.24) is 9.62 Å². The van der Waals surface area contributed by atoms with Crippen LogP contribution in [0.1, 0.15) is 47.3 Å². The first-order valence-corrected chi connectivity index (χ1v) is 10.7. The van der Waals surface area contributed by atoms with E-state index >= 15 is 0 Å². The number of rotatable bonds is 6. The highest BCUT2D eigenvalue weighted by Crippen LogP contribution is 2.29. The number of Topliss-reactive ketones (excluding diaryl/α,β-unsaturated/α-hetero) is 1. The van der Waals surface area contributed by atoms with Gasteiger partial charge in [0.1, 0.15) is 0 Å². The van der Waals surface area contributed by atoms with Gasteiger partial charge in [-0.1, -0.05) is 36.4 Å². The average Bonchev–Trinajstić information content (AvgIpc) is 2.68. The topological polar surface area (TPSA) is 83.6 Å². The molecule has 0 heterocycles. The summed E-state index contributed by atoms with van der Waals surface area (Å²) < 4.78 is 26.4. The Morgan fingerprint density at radius 3 is 2.46 bits per heavy atom. The monoisotopic (exact) mass is 400 g/mol. The third-order valence-corrected chi connectivity index (χ3v) is 6.86. The molecular weight excluding hydrogens is 376 g/mol. The van der Waals surface area contributed by atoms with Crippen LogP contribution >= 0.6 is 0 Å². The van der Waals surface area contributed by atoms with Gasteiger partial charge in [-0.25, -0.2) is 8.42 Å². The van der Waals surface area contributed by atoms with E-state index in [1.807, 2.05) is 18.2 Å². The van der Waals surface area contributed by atoms with Gasteiger partial charge in [0.25, 0.3) is 0 Å². The lowest BCUT2D eigenvalue weighted by atomic mass is 9.88. The van der Waals surface area contributed by atoms with Gasteiger partial charge in [-0.3, -0.25) is 9.59 Å². The van der Waals surface area contributed by atoms with Crippen molar-refractivity contribution in [3.63, 3.8) is 0 Å². The molecule has 148 valence electrons. The van der Waals surface area contributed by atoms with E-state index in [-0.39, 0.29) is 29.2 Å². The highest BCUT2D eigenvalue weighted by atomic mass is 32.2. The van der Waals surface area contributed by atoms with E-state index in [9.17, 15) is 18.0 Å². The van der Waals surface area contributed by atoms with Crippen LogP contribution in [0.25, 0.3) is 0 Å². The van der Waals surface area contributed by atoms with Gasteiger partial charge in [-0.15, -0.1) is 0 Å². The van der Waals surface area contributed by atoms with Gasteiger partial charge in [0.2, 0.25) is 15.9 Å². The average molecular weight is 401 g/mol. The Balaban J connectivity index is 1.68. The molecule has 7 heteroatoms. The molecule has 0 aromatic heterocycles. The van der Waals surface area contributed by atoms with Crippen molar-refractivity contribution in [3.8, 4) is 0 Å². The Bertz CT molecular complexity index is 984. The summed E-state index contributed by atoms with van der Waals surface area (Å²) in [4.78, 5) is 23.9. The number of amides is 1. The molecule has 0 saturated heterocycles. The number of hydrogen-bond acceptors (Lipinski definition) is 4. The van der Waals surface area contributed by atoms with Crippen LogP contribution in [0.3, 0.4) is 0 Å². The van der Waals surface area contributed by atoms with Crippen molar-refractivity contribution in [2.75, 3.05) is 13.6 Å². The molecule has 6 nitrogen and oxygen atoms in total.